The van der Waals surface area contributed by atoms with Crippen LogP contribution in [-0.2, 0) is 9.53 Å². The van der Waals surface area contributed by atoms with Crippen LogP contribution in [0.2, 0.25) is 0 Å². The number of rotatable bonds is 6. The molecule has 2 fully saturated rings. The highest BCUT2D eigenvalue weighted by molar-refractivity contribution is 5.77. The number of hydrogen-bond donors (Lipinski definition) is 0. The summed E-state index contributed by atoms with van der Waals surface area (Å²) in [7, 11) is 3.32. The normalized spacial score (nSPS) is 24.0. The van der Waals surface area contributed by atoms with Gasteiger partial charge in [-0.1, -0.05) is 0 Å². The molecular weight excluding hydrogens is 320 g/mol. The summed E-state index contributed by atoms with van der Waals surface area (Å²) in [5.41, 5.74) is 0.155. The molecule has 1 spiro atoms. The molecule has 0 saturated carbocycles. The molecule has 1 aromatic heterocycles. The number of aromatic nitrogens is 2. The Bertz CT molecular complexity index is 580. The molecule has 1 aromatic rings. The zero-order chi connectivity index (χ0) is 17.7. The fourth-order valence-corrected chi connectivity index (χ4v) is 4.00. The number of hydrogen-bond acceptors (Lipinski definition) is 6. The van der Waals surface area contributed by atoms with Gasteiger partial charge in [-0.15, -0.1) is 0 Å². The van der Waals surface area contributed by atoms with Crippen molar-refractivity contribution in [2.24, 2.45) is 5.41 Å². The molecule has 1 amide bonds. The summed E-state index contributed by atoms with van der Waals surface area (Å²) in [5, 5.41) is 0. The molecule has 2 aliphatic heterocycles. The highest BCUT2D eigenvalue weighted by Gasteiger charge is 2.42. The largest absolute Gasteiger partial charge is 0.494 e. The second-order valence-corrected chi connectivity index (χ2v) is 7.11. The molecule has 25 heavy (non-hydrogen) atoms. The smallest absolute Gasteiger partial charge is 0.225 e. The summed E-state index contributed by atoms with van der Waals surface area (Å²) < 4.78 is 10.3. The van der Waals surface area contributed by atoms with Crippen molar-refractivity contribution in [2.45, 2.75) is 32.1 Å². The van der Waals surface area contributed by atoms with E-state index in [-0.39, 0.29) is 11.3 Å². The van der Waals surface area contributed by atoms with Crippen molar-refractivity contribution >= 4 is 11.9 Å². The second-order valence-electron chi connectivity index (χ2n) is 7.11. The summed E-state index contributed by atoms with van der Waals surface area (Å²) >= 11 is 0. The van der Waals surface area contributed by atoms with E-state index in [0.717, 1.165) is 57.8 Å². The number of ether oxygens (including phenoxy) is 2. The first-order valence-corrected chi connectivity index (χ1v) is 9.03. The van der Waals surface area contributed by atoms with Gasteiger partial charge in [-0.3, -0.25) is 4.79 Å². The van der Waals surface area contributed by atoms with Crippen molar-refractivity contribution in [3.63, 3.8) is 0 Å². The molecule has 0 N–H and O–H groups in total. The first-order chi connectivity index (χ1) is 12.2. The highest BCUT2D eigenvalue weighted by Crippen LogP contribution is 2.39. The third-order valence-corrected chi connectivity index (χ3v) is 5.32. The van der Waals surface area contributed by atoms with E-state index in [1.54, 1.807) is 26.6 Å². The standard InChI is InChI=1S/C18H28N4O3/c1-24-10-4-9-21-13-18(7-5-16(21)23)6-3-8-22(14-18)17-19-11-15(25-2)12-20-17/h11-12H,3-10,13-14H2,1-2H3/t18-/m0/s1. The van der Waals surface area contributed by atoms with E-state index in [9.17, 15) is 4.79 Å². The summed E-state index contributed by atoms with van der Waals surface area (Å²) in [6, 6.07) is 0. The molecule has 1 atom stereocenters. The van der Waals surface area contributed by atoms with E-state index in [4.69, 9.17) is 9.47 Å². The van der Waals surface area contributed by atoms with Crippen molar-refractivity contribution in [3.8, 4) is 5.75 Å². The van der Waals surface area contributed by atoms with Gasteiger partial charge in [-0.25, -0.2) is 9.97 Å². The van der Waals surface area contributed by atoms with Crippen LogP contribution >= 0.6 is 0 Å². The average Bonchev–Trinajstić information content (AvgIpc) is 2.65. The van der Waals surface area contributed by atoms with Gasteiger partial charge in [0.1, 0.15) is 0 Å². The minimum absolute atomic E-state index is 0.155. The summed E-state index contributed by atoms with van der Waals surface area (Å²) in [5.74, 6) is 1.70. The molecule has 2 saturated heterocycles. The lowest BCUT2D eigenvalue weighted by Gasteiger charge is -2.48. The van der Waals surface area contributed by atoms with Crippen LogP contribution < -0.4 is 9.64 Å². The first kappa shape index (κ1) is 17.9. The van der Waals surface area contributed by atoms with Crippen LogP contribution in [-0.4, -0.2) is 67.8 Å². The Morgan fingerprint density at radius 2 is 2.00 bits per heavy atom. The molecule has 0 unspecified atom stereocenters. The molecule has 7 heteroatoms. The molecule has 138 valence electrons. The molecule has 3 heterocycles. The minimum Gasteiger partial charge on any atom is -0.494 e. The van der Waals surface area contributed by atoms with Crippen LogP contribution in [0, 0.1) is 5.41 Å². The maximum Gasteiger partial charge on any atom is 0.225 e. The number of anilines is 1. The molecule has 7 nitrogen and oxygen atoms in total. The lowest BCUT2D eigenvalue weighted by molar-refractivity contribution is -0.138. The third-order valence-electron chi connectivity index (χ3n) is 5.32. The SMILES string of the molecule is COCCCN1C[C@]2(CCCN(c3ncc(OC)cn3)C2)CCC1=O. The van der Waals surface area contributed by atoms with Gasteiger partial charge < -0.3 is 19.3 Å². The summed E-state index contributed by atoms with van der Waals surface area (Å²) in [6.07, 6.45) is 8.19. The fourth-order valence-electron chi connectivity index (χ4n) is 4.00. The summed E-state index contributed by atoms with van der Waals surface area (Å²) in [6.45, 7) is 4.19. The van der Waals surface area contributed by atoms with Gasteiger partial charge in [0.05, 0.1) is 19.5 Å². The van der Waals surface area contributed by atoms with E-state index in [1.807, 2.05) is 4.90 Å². The van der Waals surface area contributed by atoms with E-state index in [1.165, 1.54) is 0 Å². The van der Waals surface area contributed by atoms with Crippen molar-refractivity contribution in [1.82, 2.24) is 14.9 Å². The minimum atomic E-state index is 0.155. The maximum atomic E-state index is 12.3. The highest BCUT2D eigenvalue weighted by atomic mass is 16.5. The molecular formula is C18H28N4O3. The number of nitrogens with zero attached hydrogens (tertiary/aromatic N) is 4. The predicted octanol–water partition coefficient (Wildman–Crippen LogP) is 1.73. The van der Waals surface area contributed by atoms with Crippen LogP contribution in [0.25, 0.3) is 0 Å². The van der Waals surface area contributed by atoms with Gasteiger partial charge in [0, 0.05) is 51.7 Å². The van der Waals surface area contributed by atoms with Crippen LogP contribution in [0.1, 0.15) is 32.1 Å². The number of piperidine rings is 2. The average molecular weight is 348 g/mol. The van der Waals surface area contributed by atoms with E-state index < -0.39 is 0 Å². The molecule has 2 aliphatic rings. The third kappa shape index (κ3) is 4.21. The summed E-state index contributed by atoms with van der Waals surface area (Å²) in [4.78, 5) is 25.4. The molecule has 3 rings (SSSR count). The number of carbonyl (C=O) groups is 1. The Hall–Kier alpha value is -1.89. The molecule has 0 bridgehead atoms. The number of amides is 1. The molecule has 0 radical (unpaired) electrons. The van der Waals surface area contributed by atoms with Gasteiger partial charge in [-0.05, 0) is 25.7 Å². The van der Waals surface area contributed by atoms with Crippen molar-refractivity contribution < 1.29 is 14.3 Å². The lowest BCUT2D eigenvalue weighted by Crippen LogP contribution is -2.54. The van der Waals surface area contributed by atoms with E-state index >= 15 is 0 Å². The van der Waals surface area contributed by atoms with Crippen molar-refractivity contribution in [2.75, 3.05) is 51.9 Å². The number of methoxy groups -OCH3 is 2. The number of carbonyl (C=O) groups excluding carboxylic acids is 1. The van der Waals surface area contributed by atoms with Gasteiger partial charge in [0.15, 0.2) is 5.75 Å². The van der Waals surface area contributed by atoms with E-state index in [2.05, 4.69) is 14.9 Å². The predicted molar refractivity (Wildman–Crippen MR) is 94.8 cm³/mol. The van der Waals surface area contributed by atoms with Crippen molar-refractivity contribution in [1.29, 1.82) is 0 Å². The molecule has 0 aromatic carbocycles. The Morgan fingerprint density at radius 1 is 1.20 bits per heavy atom. The molecule has 0 aliphatic carbocycles. The van der Waals surface area contributed by atoms with E-state index in [0.29, 0.717) is 18.8 Å². The fraction of sp³-hybridized carbons (Fsp3) is 0.722. The Morgan fingerprint density at radius 3 is 2.72 bits per heavy atom. The second kappa shape index (κ2) is 7.99. The van der Waals surface area contributed by atoms with Crippen LogP contribution in [0.15, 0.2) is 12.4 Å². The lowest BCUT2D eigenvalue weighted by atomic mass is 9.73. The topological polar surface area (TPSA) is 67.8 Å². The number of likely N-dealkylation sites (tertiary alicyclic amines) is 1. The quantitative estimate of drug-likeness (QED) is 0.730. The maximum absolute atomic E-state index is 12.3. The van der Waals surface area contributed by atoms with Crippen LogP contribution in [0.5, 0.6) is 5.75 Å². The Balaban J connectivity index is 1.67. The van der Waals surface area contributed by atoms with Crippen LogP contribution in [0.3, 0.4) is 0 Å². The van der Waals surface area contributed by atoms with Gasteiger partial charge in [-0.2, -0.15) is 0 Å². The first-order valence-electron chi connectivity index (χ1n) is 9.03. The zero-order valence-electron chi connectivity index (χ0n) is 15.2. The van der Waals surface area contributed by atoms with Crippen LogP contribution in [0.4, 0.5) is 5.95 Å². The Kier molecular flexibility index (Phi) is 5.73. The van der Waals surface area contributed by atoms with Gasteiger partial charge in [0.25, 0.3) is 0 Å². The monoisotopic (exact) mass is 348 g/mol. The van der Waals surface area contributed by atoms with Crippen molar-refractivity contribution in [3.05, 3.63) is 12.4 Å². The van der Waals surface area contributed by atoms with Gasteiger partial charge in [0.2, 0.25) is 11.9 Å². The van der Waals surface area contributed by atoms with Gasteiger partial charge >= 0.3 is 0 Å². The zero-order valence-corrected chi connectivity index (χ0v) is 15.2. The Labute approximate surface area is 149 Å².